The SMILES string of the molecule is CCCNC(=O)CCSC. The van der Waals surface area contributed by atoms with Gasteiger partial charge in [0.1, 0.15) is 0 Å². The molecule has 60 valence electrons. The average molecular weight is 161 g/mol. The summed E-state index contributed by atoms with van der Waals surface area (Å²) in [6.07, 6.45) is 3.68. The molecular weight excluding hydrogens is 146 g/mol. The van der Waals surface area contributed by atoms with E-state index in [9.17, 15) is 4.79 Å². The molecule has 1 amide bonds. The summed E-state index contributed by atoms with van der Waals surface area (Å²) in [5.74, 6) is 1.10. The van der Waals surface area contributed by atoms with Crippen molar-refractivity contribution in [1.82, 2.24) is 5.32 Å². The second-order valence-corrected chi connectivity index (χ2v) is 3.08. The van der Waals surface area contributed by atoms with Crippen LogP contribution < -0.4 is 5.32 Å². The molecule has 0 aromatic rings. The van der Waals surface area contributed by atoms with Crippen LogP contribution in [0.25, 0.3) is 0 Å². The first-order valence-electron chi connectivity index (χ1n) is 3.57. The Bertz CT molecular complexity index is 85.6. The van der Waals surface area contributed by atoms with Gasteiger partial charge < -0.3 is 5.32 Å². The van der Waals surface area contributed by atoms with Crippen LogP contribution in [0.4, 0.5) is 0 Å². The van der Waals surface area contributed by atoms with E-state index >= 15 is 0 Å². The third-order valence-electron chi connectivity index (χ3n) is 1.11. The lowest BCUT2D eigenvalue weighted by Crippen LogP contribution is -2.24. The number of thioether (sulfide) groups is 1. The predicted molar refractivity (Wildman–Crippen MR) is 46.3 cm³/mol. The molecule has 0 bridgehead atoms. The van der Waals surface area contributed by atoms with Gasteiger partial charge in [0, 0.05) is 18.7 Å². The molecule has 0 heterocycles. The zero-order chi connectivity index (χ0) is 7.82. The van der Waals surface area contributed by atoms with Gasteiger partial charge in [-0.25, -0.2) is 0 Å². The van der Waals surface area contributed by atoms with E-state index in [1.165, 1.54) is 0 Å². The Hall–Kier alpha value is -0.180. The summed E-state index contributed by atoms with van der Waals surface area (Å²) in [6, 6.07) is 0. The van der Waals surface area contributed by atoms with Gasteiger partial charge in [-0.15, -0.1) is 0 Å². The Kier molecular flexibility index (Phi) is 6.81. The summed E-state index contributed by atoms with van der Waals surface area (Å²) in [5.41, 5.74) is 0. The van der Waals surface area contributed by atoms with Crippen molar-refractivity contribution >= 4 is 17.7 Å². The van der Waals surface area contributed by atoms with E-state index in [-0.39, 0.29) is 5.91 Å². The first kappa shape index (κ1) is 9.82. The summed E-state index contributed by atoms with van der Waals surface area (Å²) in [5, 5.41) is 2.81. The molecule has 0 spiro atoms. The molecule has 2 nitrogen and oxygen atoms in total. The highest BCUT2D eigenvalue weighted by Crippen LogP contribution is 1.94. The number of carbonyl (C=O) groups excluding carboxylic acids is 1. The van der Waals surface area contributed by atoms with Crippen molar-refractivity contribution in [3.8, 4) is 0 Å². The summed E-state index contributed by atoms with van der Waals surface area (Å²) in [7, 11) is 0. The van der Waals surface area contributed by atoms with E-state index in [0.29, 0.717) is 6.42 Å². The fourth-order valence-corrected chi connectivity index (χ4v) is 0.937. The number of amides is 1. The Balaban J connectivity index is 3.09. The van der Waals surface area contributed by atoms with E-state index in [1.807, 2.05) is 6.26 Å². The van der Waals surface area contributed by atoms with Crippen molar-refractivity contribution < 1.29 is 4.79 Å². The van der Waals surface area contributed by atoms with Gasteiger partial charge in [-0.05, 0) is 12.7 Å². The van der Waals surface area contributed by atoms with Crippen LogP contribution in [0.3, 0.4) is 0 Å². The van der Waals surface area contributed by atoms with E-state index in [4.69, 9.17) is 0 Å². The van der Waals surface area contributed by atoms with Gasteiger partial charge in [-0.2, -0.15) is 11.8 Å². The second-order valence-electron chi connectivity index (χ2n) is 2.09. The molecule has 0 aromatic carbocycles. The highest BCUT2D eigenvalue weighted by atomic mass is 32.2. The Morgan fingerprint density at radius 3 is 2.80 bits per heavy atom. The number of nitrogens with one attached hydrogen (secondary N) is 1. The summed E-state index contributed by atoms with van der Waals surface area (Å²) >= 11 is 1.70. The zero-order valence-electron chi connectivity index (χ0n) is 6.64. The van der Waals surface area contributed by atoms with E-state index in [0.717, 1.165) is 18.7 Å². The summed E-state index contributed by atoms with van der Waals surface area (Å²) < 4.78 is 0. The monoisotopic (exact) mass is 161 g/mol. The van der Waals surface area contributed by atoms with Crippen molar-refractivity contribution in [2.24, 2.45) is 0 Å². The smallest absolute Gasteiger partial charge is 0.220 e. The molecule has 0 unspecified atom stereocenters. The van der Waals surface area contributed by atoms with Gasteiger partial charge in [0.25, 0.3) is 0 Å². The molecule has 0 radical (unpaired) electrons. The van der Waals surface area contributed by atoms with Crippen LogP contribution in [0.2, 0.25) is 0 Å². The fourth-order valence-electron chi connectivity index (χ4n) is 0.548. The van der Waals surface area contributed by atoms with Crippen LogP contribution in [0.5, 0.6) is 0 Å². The molecular formula is C7H15NOS. The molecule has 0 aliphatic rings. The minimum Gasteiger partial charge on any atom is -0.356 e. The number of hydrogen-bond donors (Lipinski definition) is 1. The molecule has 0 aliphatic carbocycles. The lowest BCUT2D eigenvalue weighted by molar-refractivity contribution is -0.120. The van der Waals surface area contributed by atoms with Crippen molar-refractivity contribution in [1.29, 1.82) is 0 Å². The van der Waals surface area contributed by atoms with E-state index in [1.54, 1.807) is 11.8 Å². The highest BCUT2D eigenvalue weighted by molar-refractivity contribution is 7.98. The van der Waals surface area contributed by atoms with Crippen molar-refractivity contribution in [3.63, 3.8) is 0 Å². The topological polar surface area (TPSA) is 29.1 Å². The standard InChI is InChI=1S/C7H15NOS/c1-3-5-8-7(9)4-6-10-2/h3-6H2,1-2H3,(H,8,9). The first-order chi connectivity index (χ1) is 4.81. The maximum atomic E-state index is 10.8. The number of hydrogen-bond acceptors (Lipinski definition) is 2. The molecule has 0 saturated carbocycles. The Labute approximate surface area is 66.8 Å². The fraction of sp³-hybridized carbons (Fsp3) is 0.857. The summed E-state index contributed by atoms with van der Waals surface area (Å²) in [6.45, 7) is 2.86. The quantitative estimate of drug-likeness (QED) is 0.658. The van der Waals surface area contributed by atoms with Gasteiger partial charge >= 0.3 is 0 Å². The van der Waals surface area contributed by atoms with Gasteiger partial charge in [0.05, 0.1) is 0 Å². The minimum absolute atomic E-state index is 0.177. The molecule has 0 fully saturated rings. The second kappa shape index (κ2) is 6.93. The molecule has 0 rings (SSSR count). The van der Waals surface area contributed by atoms with Crippen LogP contribution in [0.1, 0.15) is 19.8 Å². The largest absolute Gasteiger partial charge is 0.356 e. The van der Waals surface area contributed by atoms with Crippen LogP contribution in [-0.4, -0.2) is 24.5 Å². The molecule has 1 N–H and O–H groups in total. The van der Waals surface area contributed by atoms with Crippen LogP contribution in [0, 0.1) is 0 Å². The van der Waals surface area contributed by atoms with Crippen molar-refractivity contribution in [3.05, 3.63) is 0 Å². The number of carbonyl (C=O) groups is 1. The first-order valence-corrected chi connectivity index (χ1v) is 4.96. The maximum Gasteiger partial charge on any atom is 0.220 e. The van der Waals surface area contributed by atoms with Crippen molar-refractivity contribution in [2.45, 2.75) is 19.8 Å². The minimum atomic E-state index is 0.177. The maximum absolute atomic E-state index is 10.8. The molecule has 3 heteroatoms. The Morgan fingerprint density at radius 2 is 2.30 bits per heavy atom. The van der Waals surface area contributed by atoms with Crippen LogP contribution in [0.15, 0.2) is 0 Å². The zero-order valence-corrected chi connectivity index (χ0v) is 7.46. The number of rotatable bonds is 5. The van der Waals surface area contributed by atoms with Crippen LogP contribution >= 0.6 is 11.8 Å². The molecule has 0 aromatic heterocycles. The van der Waals surface area contributed by atoms with Gasteiger partial charge in [0.2, 0.25) is 5.91 Å². The molecule has 10 heavy (non-hydrogen) atoms. The Morgan fingerprint density at radius 1 is 1.60 bits per heavy atom. The third-order valence-corrected chi connectivity index (χ3v) is 1.72. The van der Waals surface area contributed by atoms with Crippen LogP contribution in [-0.2, 0) is 4.79 Å². The third kappa shape index (κ3) is 5.95. The normalized spacial score (nSPS) is 9.40. The predicted octanol–water partition coefficient (Wildman–Crippen LogP) is 1.27. The molecule has 0 saturated heterocycles. The van der Waals surface area contributed by atoms with Gasteiger partial charge in [-0.1, -0.05) is 6.92 Å². The van der Waals surface area contributed by atoms with Gasteiger partial charge in [0.15, 0.2) is 0 Å². The lowest BCUT2D eigenvalue weighted by Gasteiger charge is -2.00. The van der Waals surface area contributed by atoms with E-state index in [2.05, 4.69) is 12.2 Å². The molecule has 0 atom stereocenters. The lowest BCUT2D eigenvalue weighted by atomic mass is 10.4. The van der Waals surface area contributed by atoms with E-state index < -0.39 is 0 Å². The van der Waals surface area contributed by atoms with Gasteiger partial charge in [-0.3, -0.25) is 4.79 Å². The van der Waals surface area contributed by atoms with Crippen molar-refractivity contribution in [2.75, 3.05) is 18.6 Å². The highest BCUT2D eigenvalue weighted by Gasteiger charge is 1.96. The average Bonchev–Trinajstić information content (AvgIpc) is 1.97. The molecule has 0 aliphatic heterocycles. The summed E-state index contributed by atoms with van der Waals surface area (Å²) in [4.78, 5) is 10.8.